The van der Waals surface area contributed by atoms with E-state index in [4.69, 9.17) is 11.6 Å². The van der Waals surface area contributed by atoms with Crippen molar-refractivity contribution in [3.63, 3.8) is 0 Å². The summed E-state index contributed by atoms with van der Waals surface area (Å²) in [7, 11) is 0. The average Bonchev–Trinajstić information content (AvgIpc) is 2.58. The molecule has 0 spiro atoms. The van der Waals surface area contributed by atoms with Crippen molar-refractivity contribution in [3.05, 3.63) is 64.7 Å². The minimum atomic E-state index is -2.99. The predicted molar refractivity (Wildman–Crippen MR) is 95.7 cm³/mol. The largest absolute Gasteiger partial charge is 0.435 e. The molecular weight excluding hydrogens is 378 g/mol. The number of amides is 2. The molecule has 0 unspecified atom stereocenters. The maximum atomic E-state index is 12.7. The maximum absolute atomic E-state index is 12.7. The lowest BCUT2D eigenvalue weighted by atomic mass is 9.64. The second-order valence-electron chi connectivity index (χ2n) is 6.26. The minimum absolute atomic E-state index is 0.0823. The van der Waals surface area contributed by atoms with Crippen LogP contribution in [0.1, 0.15) is 35.2 Å². The van der Waals surface area contributed by atoms with Crippen molar-refractivity contribution in [2.24, 2.45) is 0 Å². The van der Waals surface area contributed by atoms with Gasteiger partial charge in [-0.05, 0) is 48.7 Å². The van der Waals surface area contributed by atoms with Crippen LogP contribution in [0.3, 0.4) is 0 Å². The summed E-state index contributed by atoms with van der Waals surface area (Å²) in [6.07, 6.45) is 2.18. The van der Waals surface area contributed by atoms with E-state index < -0.39 is 17.9 Å². The van der Waals surface area contributed by atoms with Crippen molar-refractivity contribution in [2.75, 3.05) is 0 Å². The zero-order valence-corrected chi connectivity index (χ0v) is 14.9. The zero-order chi connectivity index (χ0) is 19.4. The Morgan fingerprint density at radius 1 is 1.07 bits per heavy atom. The van der Waals surface area contributed by atoms with Crippen molar-refractivity contribution in [3.8, 4) is 5.75 Å². The molecule has 1 fully saturated rings. The number of nitrogens with one attached hydrogen (secondary N) is 2. The molecule has 0 atom stereocenters. The molecule has 2 N–H and O–H groups in total. The lowest BCUT2D eigenvalue weighted by Crippen LogP contribution is -2.54. The number of hydrogen-bond acceptors (Lipinski definition) is 3. The van der Waals surface area contributed by atoms with Gasteiger partial charge in [0.25, 0.3) is 5.91 Å². The van der Waals surface area contributed by atoms with E-state index in [1.165, 1.54) is 24.3 Å². The van der Waals surface area contributed by atoms with Crippen molar-refractivity contribution >= 4 is 23.4 Å². The normalized spacial score (nSPS) is 15.0. The summed E-state index contributed by atoms with van der Waals surface area (Å²) in [6, 6.07) is 12.4. The van der Waals surface area contributed by atoms with Gasteiger partial charge in [-0.3, -0.25) is 20.4 Å². The molecule has 8 heteroatoms. The van der Waals surface area contributed by atoms with Crippen molar-refractivity contribution < 1.29 is 23.1 Å². The Hall–Kier alpha value is -2.67. The molecule has 3 rings (SSSR count). The smallest absolute Gasteiger partial charge is 0.387 e. The fourth-order valence-electron chi connectivity index (χ4n) is 3.08. The summed E-state index contributed by atoms with van der Waals surface area (Å²) in [5.41, 5.74) is 4.89. The lowest BCUT2D eigenvalue weighted by molar-refractivity contribution is -0.130. The Morgan fingerprint density at radius 2 is 1.81 bits per heavy atom. The molecule has 0 aromatic heterocycles. The van der Waals surface area contributed by atoms with Gasteiger partial charge in [0.2, 0.25) is 5.91 Å². The van der Waals surface area contributed by atoms with Crippen LogP contribution in [0.15, 0.2) is 48.5 Å². The molecule has 0 saturated heterocycles. The summed E-state index contributed by atoms with van der Waals surface area (Å²) in [6.45, 7) is -2.99. The highest BCUT2D eigenvalue weighted by molar-refractivity contribution is 6.30. The monoisotopic (exact) mass is 394 g/mol. The van der Waals surface area contributed by atoms with Crippen molar-refractivity contribution in [2.45, 2.75) is 31.3 Å². The molecule has 0 aliphatic heterocycles. The van der Waals surface area contributed by atoms with Gasteiger partial charge in [-0.2, -0.15) is 8.78 Å². The first-order valence-electron chi connectivity index (χ1n) is 8.32. The maximum Gasteiger partial charge on any atom is 0.387 e. The second kappa shape index (κ2) is 7.92. The summed E-state index contributed by atoms with van der Waals surface area (Å²) in [4.78, 5) is 24.9. The third-order valence-corrected chi connectivity index (χ3v) is 4.87. The van der Waals surface area contributed by atoms with E-state index >= 15 is 0 Å². The van der Waals surface area contributed by atoms with Gasteiger partial charge >= 0.3 is 6.61 Å². The second-order valence-corrected chi connectivity index (χ2v) is 6.70. The molecule has 0 bridgehead atoms. The first-order valence-corrected chi connectivity index (χ1v) is 8.70. The molecule has 1 aliphatic rings. The Morgan fingerprint density at radius 3 is 2.44 bits per heavy atom. The number of hydrazine groups is 1. The Balaban J connectivity index is 1.67. The number of benzene rings is 2. The number of carbonyl (C=O) groups excluding carboxylic acids is 2. The third kappa shape index (κ3) is 4.19. The summed E-state index contributed by atoms with van der Waals surface area (Å²) in [5.74, 6) is -1.12. The molecule has 142 valence electrons. The van der Waals surface area contributed by atoms with E-state index in [9.17, 15) is 18.4 Å². The molecule has 5 nitrogen and oxygen atoms in total. The highest BCUT2D eigenvalue weighted by Gasteiger charge is 2.45. The fraction of sp³-hybridized carbons (Fsp3) is 0.263. The topological polar surface area (TPSA) is 67.4 Å². The fourth-order valence-corrected chi connectivity index (χ4v) is 3.27. The van der Waals surface area contributed by atoms with Gasteiger partial charge in [0.05, 0.1) is 5.41 Å². The van der Waals surface area contributed by atoms with Gasteiger partial charge in [-0.25, -0.2) is 0 Å². The number of alkyl halides is 2. The molecule has 0 heterocycles. The number of carbonyl (C=O) groups is 2. The van der Waals surface area contributed by atoms with E-state index in [1.807, 2.05) is 6.07 Å². The van der Waals surface area contributed by atoms with E-state index in [0.29, 0.717) is 17.9 Å². The number of ether oxygens (including phenoxy) is 1. The van der Waals surface area contributed by atoms with Crippen LogP contribution in [-0.4, -0.2) is 18.4 Å². The van der Waals surface area contributed by atoms with Crippen LogP contribution in [-0.2, 0) is 10.2 Å². The van der Waals surface area contributed by atoms with Crippen LogP contribution < -0.4 is 15.6 Å². The number of halogens is 3. The first-order chi connectivity index (χ1) is 12.9. The van der Waals surface area contributed by atoms with E-state index in [0.717, 1.165) is 12.0 Å². The standard InChI is InChI=1S/C19H17ClF2N2O3/c20-14-6-2-5-13(11-14)19(8-3-9-19)17(26)24-23-16(25)12-4-1-7-15(10-12)27-18(21)22/h1-2,4-7,10-11,18H,3,8-9H2,(H,23,25)(H,24,26). The summed E-state index contributed by atoms with van der Waals surface area (Å²) >= 11 is 6.03. The Kier molecular flexibility index (Phi) is 5.60. The Bertz CT molecular complexity index is 856. The highest BCUT2D eigenvalue weighted by Crippen LogP contribution is 2.44. The molecule has 2 aromatic rings. The molecule has 2 aromatic carbocycles. The third-order valence-electron chi connectivity index (χ3n) is 4.63. The van der Waals surface area contributed by atoms with Crippen LogP contribution in [0, 0.1) is 0 Å². The zero-order valence-electron chi connectivity index (χ0n) is 14.2. The van der Waals surface area contributed by atoms with Crippen molar-refractivity contribution in [1.29, 1.82) is 0 Å². The minimum Gasteiger partial charge on any atom is -0.435 e. The molecule has 27 heavy (non-hydrogen) atoms. The van der Waals surface area contributed by atoms with Crippen LogP contribution in [0.5, 0.6) is 5.75 Å². The molecule has 2 amide bonds. The summed E-state index contributed by atoms with van der Waals surface area (Å²) in [5, 5.41) is 0.534. The van der Waals surface area contributed by atoms with Gasteiger partial charge in [0.1, 0.15) is 5.75 Å². The average molecular weight is 395 g/mol. The van der Waals surface area contributed by atoms with Crippen LogP contribution in [0.2, 0.25) is 5.02 Å². The highest BCUT2D eigenvalue weighted by atomic mass is 35.5. The molecule has 0 radical (unpaired) electrons. The SMILES string of the molecule is O=C(NNC(=O)C1(c2cccc(Cl)c2)CCC1)c1cccc(OC(F)F)c1. The first kappa shape index (κ1) is 19.1. The molecular formula is C19H17ClF2N2O3. The van der Waals surface area contributed by atoms with Crippen LogP contribution in [0.25, 0.3) is 0 Å². The number of hydrogen-bond donors (Lipinski definition) is 2. The lowest BCUT2D eigenvalue weighted by Gasteiger charge is -2.40. The number of rotatable bonds is 5. The van der Waals surface area contributed by atoms with Gasteiger partial charge < -0.3 is 4.74 Å². The molecule has 1 saturated carbocycles. The van der Waals surface area contributed by atoms with E-state index in [1.54, 1.807) is 18.2 Å². The van der Waals surface area contributed by atoms with Gasteiger partial charge in [-0.15, -0.1) is 0 Å². The van der Waals surface area contributed by atoms with E-state index in [2.05, 4.69) is 15.6 Å². The quantitative estimate of drug-likeness (QED) is 0.757. The predicted octanol–water partition coefficient (Wildman–Crippen LogP) is 3.82. The van der Waals surface area contributed by atoms with Crippen LogP contribution in [0.4, 0.5) is 8.78 Å². The summed E-state index contributed by atoms with van der Waals surface area (Å²) < 4.78 is 28.8. The van der Waals surface area contributed by atoms with Gasteiger partial charge in [0, 0.05) is 10.6 Å². The van der Waals surface area contributed by atoms with Gasteiger partial charge in [-0.1, -0.05) is 36.2 Å². The van der Waals surface area contributed by atoms with Crippen molar-refractivity contribution in [1.82, 2.24) is 10.9 Å². The van der Waals surface area contributed by atoms with Crippen LogP contribution >= 0.6 is 11.6 Å². The van der Waals surface area contributed by atoms with E-state index in [-0.39, 0.29) is 17.2 Å². The van der Waals surface area contributed by atoms with Gasteiger partial charge in [0.15, 0.2) is 0 Å². The molecule has 1 aliphatic carbocycles. The Labute approximate surface area is 159 Å².